The Morgan fingerprint density at radius 3 is 2.67 bits per heavy atom. The fourth-order valence-electron chi connectivity index (χ4n) is 1.48. The molecule has 0 heterocycles. The molecule has 0 saturated heterocycles. The Hall–Kier alpha value is -1.93. The van der Waals surface area contributed by atoms with Crippen molar-refractivity contribution in [3.05, 3.63) is 29.1 Å². The van der Waals surface area contributed by atoms with E-state index in [1.165, 1.54) is 6.07 Å². The summed E-state index contributed by atoms with van der Waals surface area (Å²) in [5.74, 6) is -0.823. The fraction of sp³-hybridized carbons (Fsp3) is 0.385. The first-order chi connectivity index (χ1) is 8.23. The van der Waals surface area contributed by atoms with Crippen molar-refractivity contribution in [3.63, 3.8) is 0 Å². The zero-order valence-electron chi connectivity index (χ0n) is 10.7. The van der Waals surface area contributed by atoms with Gasteiger partial charge in [0, 0.05) is 23.2 Å². The topological polar surface area (TPSA) is 78.9 Å². The van der Waals surface area contributed by atoms with Gasteiger partial charge < -0.3 is 11.1 Å². The SMILES string of the molecule is Cc1c(F)cc(C#N)cc1NC(=O)CC(C)(C)N. The van der Waals surface area contributed by atoms with Gasteiger partial charge in [-0.1, -0.05) is 0 Å². The number of nitrogens with zero attached hydrogens (tertiary/aromatic N) is 1. The Morgan fingerprint density at radius 1 is 1.56 bits per heavy atom. The van der Waals surface area contributed by atoms with Crippen molar-refractivity contribution in [2.45, 2.75) is 32.7 Å². The van der Waals surface area contributed by atoms with Crippen LogP contribution in [0.3, 0.4) is 0 Å². The number of amides is 1. The lowest BCUT2D eigenvalue weighted by molar-refractivity contribution is -0.117. The Morgan fingerprint density at radius 2 is 2.17 bits per heavy atom. The summed E-state index contributed by atoms with van der Waals surface area (Å²) in [5.41, 5.74) is 5.87. The normalized spacial score (nSPS) is 10.9. The number of benzene rings is 1. The van der Waals surface area contributed by atoms with Gasteiger partial charge in [0.2, 0.25) is 5.91 Å². The smallest absolute Gasteiger partial charge is 0.226 e. The molecule has 1 aromatic carbocycles. The van der Waals surface area contributed by atoms with Crippen molar-refractivity contribution in [2.75, 3.05) is 5.32 Å². The molecule has 5 heteroatoms. The van der Waals surface area contributed by atoms with Crippen LogP contribution >= 0.6 is 0 Å². The molecule has 0 aliphatic heterocycles. The van der Waals surface area contributed by atoms with E-state index in [-0.39, 0.29) is 17.9 Å². The number of carbonyl (C=O) groups excluding carboxylic acids is 1. The van der Waals surface area contributed by atoms with Crippen LogP contribution in [0.25, 0.3) is 0 Å². The summed E-state index contributed by atoms with van der Waals surface area (Å²) >= 11 is 0. The van der Waals surface area contributed by atoms with Gasteiger partial charge >= 0.3 is 0 Å². The third-order valence-corrected chi connectivity index (χ3v) is 2.36. The molecule has 0 aliphatic rings. The Bertz CT molecular complexity index is 512. The highest BCUT2D eigenvalue weighted by Gasteiger charge is 2.17. The van der Waals surface area contributed by atoms with Gasteiger partial charge in [-0.05, 0) is 32.9 Å². The highest BCUT2D eigenvalue weighted by atomic mass is 19.1. The molecule has 18 heavy (non-hydrogen) atoms. The van der Waals surface area contributed by atoms with E-state index in [2.05, 4.69) is 5.32 Å². The Labute approximate surface area is 106 Å². The van der Waals surface area contributed by atoms with Gasteiger partial charge in [0.05, 0.1) is 11.6 Å². The first-order valence-corrected chi connectivity index (χ1v) is 5.52. The first kappa shape index (κ1) is 14.1. The maximum absolute atomic E-state index is 13.5. The van der Waals surface area contributed by atoms with Crippen molar-refractivity contribution in [1.29, 1.82) is 5.26 Å². The van der Waals surface area contributed by atoms with Gasteiger partial charge in [0.15, 0.2) is 0 Å². The van der Waals surface area contributed by atoms with E-state index in [0.29, 0.717) is 11.3 Å². The van der Waals surface area contributed by atoms with Gasteiger partial charge in [-0.15, -0.1) is 0 Å². The van der Waals surface area contributed by atoms with Crippen LogP contribution in [-0.4, -0.2) is 11.4 Å². The van der Waals surface area contributed by atoms with Crippen molar-refractivity contribution < 1.29 is 9.18 Å². The number of nitrogens with two attached hydrogens (primary N) is 1. The molecular formula is C13H16FN3O. The second-order valence-electron chi connectivity index (χ2n) is 4.96. The second kappa shape index (κ2) is 5.15. The minimum absolute atomic E-state index is 0.116. The summed E-state index contributed by atoms with van der Waals surface area (Å²) in [6.07, 6.45) is 0.116. The molecule has 1 aromatic rings. The van der Waals surface area contributed by atoms with E-state index in [4.69, 9.17) is 11.0 Å². The molecule has 0 radical (unpaired) electrons. The quantitative estimate of drug-likeness (QED) is 0.860. The van der Waals surface area contributed by atoms with E-state index in [9.17, 15) is 9.18 Å². The van der Waals surface area contributed by atoms with Crippen molar-refractivity contribution in [3.8, 4) is 6.07 Å². The highest BCUT2D eigenvalue weighted by Crippen LogP contribution is 2.21. The number of rotatable bonds is 3. The van der Waals surface area contributed by atoms with Crippen LogP contribution in [0.15, 0.2) is 12.1 Å². The van der Waals surface area contributed by atoms with Crippen molar-refractivity contribution >= 4 is 11.6 Å². The molecule has 0 fully saturated rings. The molecule has 0 aromatic heterocycles. The van der Waals surface area contributed by atoms with Gasteiger partial charge in [0.25, 0.3) is 0 Å². The predicted octanol–water partition coefficient (Wildman–Crippen LogP) is 2.07. The number of hydrogen-bond acceptors (Lipinski definition) is 3. The van der Waals surface area contributed by atoms with Crippen LogP contribution in [0.4, 0.5) is 10.1 Å². The summed E-state index contributed by atoms with van der Waals surface area (Å²) in [6, 6.07) is 4.42. The van der Waals surface area contributed by atoms with Crippen LogP contribution in [0, 0.1) is 24.1 Å². The molecule has 1 amide bonds. The van der Waals surface area contributed by atoms with Crippen LogP contribution in [0.5, 0.6) is 0 Å². The fourth-order valence-corrected chi connectivity index (χ4v) is 1.48. The molecule has 0 atom stereocenters. The second-order valence-corrected chi connectivity index (χ2v) is 4.96. The largest absolute Gasteiger partial charge is 0.326 e. The molecule has 0 bridgehead atoms. The molecule has 0 aliphatic carbocycles. The molecule has 3 N–H and O–H groups in total. The zero-order valence-corrected chi connectivity index (χ0v) is 10.7. The number of nitrogens with one attached hydrogen (secondary N) is 1. The minimum atomic E-state index is -0.636. The molecule has 0 spiro atoms. The van der Waals surface area contributed by atoms with Crippen LogP contribution in [0.2, 0.25) is 0 Å². The van der Waals surface area contributed by atoms with Crippen molar-refractivity contribution in [1.82, 2.24) is 0 Å². The molecular weight excluding hydrogens is 233 g/mol. The lowest BCUT2D eigenvalue weighted by Gasteiger charge is -2.18. The van der Waals surface area contributed by atoms with E-state index in [0.717, 1.165) is 6.07 Å². The zero-order chi connectivity index (χ0) is 13.9. The summed E-state index contributed by atoms with van der Waals surface area (Å²) in [4.78, 5) is 11.7. The number of halogens is 1. The van der Waals surface area contributed by atoms with Gasteiger partial charge in [-0.3, -0.25) is 4.79 Å². The number of hydrogen-bond donors (Lipinski definition) is 2. The monoisotopic (exact) mass is 249 g/mol. The molecule has 0 saturated carbocycles. The lowest BCUT2D eigenvalue weighted by Crippen LogP contribution is -2.36. The number of nitriles is 1. The van der Waals surface area contributed by atoms with Crippen LogP contribution in [-0.2, 0) is 4.79 Å². The molecule has 0 unspecified atom stereocenters. The summed E-state index contributed by atoms with van der Waals surface area (Å²) < 4.78 is 13.5. The first-order valence-electron chi connectivity index (χ1n) is 5.52. The molecule has 4 nitrogen and oxygen atoms in total. The maximum Gasteiger partial charge on any atom is 0.226 e. The third-order valence-electron chi connectivity index (χ3n) is 2.36. The number of carbonyl (C=O) groups is 1. The Kier molecular flexibility index (Phi) is 4.04. The highest BCUT2D eigenvalue weighted by molar-refractivity contribution is 5.92. The van der Waals surface area contributed by atoms with E-state index in [1.807, 2.05) is 6.07 Å². The van der Waals surface area contributed by atoms with Crippen molar-refractivity contribution in [2.24, 2.45) is 5.73 Å². The van der Waals surface area contributed by atoms with E-state index in [1.54, 1.807) is 20.8 Å². The third kappa shape index (κ3) is 3.82. The average molecular weight is 249 g/mol. The predicted molar refractivity (Wildman–Crippen MR) is 67.4 cm³/mol. The number of anilines is 1. The lowest BCUT2D eigenvalue weighted by atomic mass is 10.0. The summed E-state index contributed by atoms with van der Waals surface area (Å²) in [6.45, 7) is 5.00. The summed E-state index contributed by atoms with van der Waals surface area (Å²) in [5, 5.41) is 11.3. The maximum atomic E-state index is 13.5. The summed E-state index contributed by atoms with van der Waals surface area (Å²) in [7, 11) is 0. The molecule has 96 valence electrons. The van der Waals surface area contributed by atoms with Gasteiger partial charge in [0.1, 0.15) is 5.82 Å². The average Bonchev–Trinajstić information content (AvgIpc) is 2.21. The van der Waals surface area contributed by atoms with Gasteiger partial charge in [-0.25, -0.2) is 4.39 Å². The standard InChI is InChI=1S/C13H16FN3O/c1-8-10(14)4-9(7-15)5-11(8)17-12(18)6-13(2,3)16/h4-5H,6,16H2,1-3H3,(H,17,18). The van der Waals surface area contributed by atoms with Crippen LogP contribution < -0.4 is 11.1 Å². The Balaban J connectivity index is 2.95. The van der Waals surface area contributed by atoms with Crippen LogP contribution in [0.1, 0.15) is 31.4 Å². The van der Waals surface area contributed by atoms with Gasteiger partial charge in [-0.2, -0.15) is 5.26 Å². The molecule has 1 rings (SSSR count). The van der Waals surface area contributed by atoms with E-state index < -0.39 is 11.4 Å². The minimum Gasteiger partial charge on any atom is -0.326 e. The van der Waals surface area contributed by atoms with E-state index >= 15 is 0 Å².